The zero-order chi connectivity index (χ0) is 27.9. The smallest absolute Gasteiger partial charge is 0.358 e. The molecule has 0 amide bonds. The van der Waals surface area contributed by atoms with Crippen LogP contribution in [0.3, 0.4) is 0 Å². The highest BCUT2D eigenvalue weighted by Crippen LogP contribution is 2.45. The zero-order valence-corrected chi connectivity index (χ0v) is 24.3. The first kappa shape index (κ1) is 31.5. The third-order valence-corrected chi connectivity index (χ3v) is 10.6. The van der Waals surface area contributed by atoms with Gasteiger partial charge < -0.3 is 29.4 Å². The molecule has 0 aromatic heterocycles. The van der Waals surface area contributed by atoms with Gasteiger partial charge in [-0.05, 0) is 53.9 Å². The van der Waals surface area contributed by atoms with Crippen LogP contribution in [0, 0.1) is 0 Å². The van der Waals surface area contributed by atoms with Crippen LogP contribution in [0.15, 0.2) is 53.6 Å². The van der Waals surface area contributed by atoms with Gasteiger partial charge in [0.05, 0.1) is 13.3 Å². The molecule has 11 nitrogen and oxygen atoms in total. The van der Waals surface area contributed by atoms with Gasteiger partial charge in [0.2, 0.25) is 0 Å². The monoisotopic (exact) mass is 592 g/mol. The molecule has 0 aliphatic rings. The number of hydrogen-bond acceptors (Lipinski definition) is 7. The molecule has 15 heteroatoms. The summed E-state index contributed by atoms with van der Waals surface area (Å²) in [5.41, 5.74) is 1.63. The van der Waals surface area contributed by atoms with E-state index in [4.69, 9.17) is 16.5 Å². The van der Waals surface area contributed by atoms with Gasteiger partial charge in [-0.15, -0.1) is 9.88 Å². The van der Waals surface area contributed by atoms with Gasteiger partial charge in [-0.3, -0.25) is 14.0 Å². The highest BCUT2D eigenvalue weighted by molar-refractivity contribution is 8.04. The Kier molecular flexibility index (Phi) is 11.4. The molecule has 0 heterocycles. The maximum absolute atomic E-state index is 11.3. The highest BCUT2D eigenvalue weighted by Gasteiger charge is 2.45. The minimum atomic E-state index is -4.48. The summed E-state index contributed by atoms with van der Waals surface area (Å²) < 4.78 is 30.6. The summed E-state index contributed by atoms with van der Waals surface area (Å²) in [5, 5.41) is 13.2. The van der Waals surface area contributed by atoms with Crippen LogP contribution in [-0.4, -0.2) is 72.1 Å². The van der Waals surface area contributed by atoms with Crippen LogP contribution in [0.1, 0.15) is 31.4 Å². The van der Waals surface area contributed by atoms with Gasteiger partial charge in [0.1, 0.15) is 24.1 Å². The molecule has 0 fully saturated rings. The van der Waals surface area contributed by atoms with Crippen molar-refractivity contribution in [1.29, 1.82) is 0 Å². The number of aromatic hydroxyl groups is 1. The Morgan fingerprint density at radius 1 is 1.03 bits per heavy atom. The van der Waals surface area contributed by atoms with Gasteiger partial charge in [0, 0.05) is 19.9 Å². The SMILES string of the molecule is CCC(C)(Oc1ccc(CCN(CP(=O)(O)O)CP(=O)(O)O)cc1)[P+](=S)N(C)/N=C/c1ccc(O)cc1. The molecule has 2 unspecified atom stereocenters. The lowest BCUT2D eigenvalue weighted by molar-refractivity contribution is 0.171. The van der Waals surface area contributed by atoms with Gasteiger partial charge in [-0.25, -0.2) is 0 Å². The Bertz CT molecular complexity index is 1150. The minimum Gasteiger partial charge on any atom is -0.508 e. The molecule has 5 N–H and O–H groups in total. The third kappa shape index (κ3) is 11.3. The summed E-state index contributed by atoms with van der Waals surface area (Å²) in [5.74, 6) is 0.761. The summed E-state index contributed by atoms with van der Waals surface area (Å²) in [6.07, 6.45) is 1.14. The Labute approximate surface area is 222 Å². The van der Waals surface area contributed by atoms with E-state index < -0.39 is 40.0 Å². The number of benzene rings is 2. The number of hydrazone groups is 1. The van der Waals surface area contributed by atoms with E-state index in [0.29, 0.717) is 18.6 Å². The molecule has 0 aliphatic carbocycles. The molecule has 2 aromatic rings. The largest absolute Gasteiger partial charge is 0.508 e. The molecule has 2 atom stereocenters. The van der Waals surface area contributed by atoms with E-state index in [9.17, 15) is 33.8 Å². The lowest BCUT2D eigenvalue weighted by atomic mass is 10.1. The molecule has 0 radical (unpaired) electrons. The molecule has 0 spiro atoms. The van der Waals surface area contributed by atoms with Crippen molar-refractivity contribution in [3.05, 3.63) is 59.7 Å². The molecule has 2 rings (SSSR count). The predicted molar refractivity (Wildman–Crippen MR) is 148 cm³/mol. The van der Waals surface area contributed by atoms with Crippen molar-refractivity contribution in [3.63, 3.8) is 0 Å². The Morgan fingerprint density at radius 2 is 1.57 bits per heavy atom. The molecule has 0 bridgehead atoms. The lowest BCUT2D eigenvalue weighted by Gasteiger charge is -2.24. The van der Waals surface area contributed by atoms with E-state index in [2.05, 4.69) is 5.10 Å². The van der Waals surface area contributed by atoms with Gasteiger partial charge in [0.15, 0.2) is 11.8 Å². The van der Waals surface area contributed by atoms with Gasteiger partial charge >= 0.3 is 22.0 Å². The van der Waals surface area contributed by atoms with Gasteiger partial charge in [0.25, 0.3) is 5.34 Å². The summed E-state index contributed by atoms with van der Waals surface area (Å²) in [6, 6.07) is 13.7. The maximum atomic E-state index is 11.3. The molecule has 2 aromatic carbocycles. The zero-order valence-electron chi connectivity index (χ0n) is 20.8. The van der Waals surface area contributed by atoms with Crippen molar-refractivity contribution in [2.45, 2.75) is 32.0 Å². The quantitative estimate of drug-likeness (QED) is 0.123. The second-order valence-corrected chi connectivity index (χ2v) is 15.0. The lowest BCUT2D eigenvalue weighted by Crippen LogP contribution is -2.30. The molecule has 37 heavy (non-hydrogen) atoms. The average molecular weight is 593 g/mol. The summed E-state index contributed by atoms with van der Waals surface area (Å²) in [4.78, 5) is 37.9. The average Bonchev–Trinajstić information content (AvgIpc) is 2.80. The van der Waals surface area contributed by atoms with Crippen molar-refractivity contribution < 1.29 is 38.5 Å². The van der Waals surface area contributed by atoms with Crippen molar-refractivity contribution in [3.8, 4) is 11.5 Å². The first-order valence-electron chi connectivity index (χ1n) is 11.2. The van der Waals surface area contributed by atoms with Crippen LogP contribution in [0.4, 0.5) is 0 Å². The molecule has 0 saturated heterocycles. The second kappa shape index (κ2) is 13.4. The van der Waals surface area contributed by atoms with Crippen LogP contribution >= 0.6 is 22.0 Å². The maximum Gasteiger partial charge on any atom is 0.358 e. The van der Waals surface area contributed by atoms with E-state index in [1.807, 2.05) is 13.8 Å². The number of phenolic OH excluding ortho intramolecular Hbond substituents is 1. The predicted octanol–water partition coefficient (Wildman–Crippen LogP) is 3.84. The van der Waals surface area contributed by atoms with Gasteiger partial charge in [-0.2, -0.15) is 0 Å². The Hall–Kier alpha value is -1.71. The number of phenols is 1. The standard InChI is InChI=1S/C22H32N3O8P3S/c1-4-22(2,34(37)24(3)23-15-19-5-9-20(26)10-6-19)33-21-11-7-18(8-12-21)13-14-25(16-35(27,28)29)17-36(30,31)32/h5-12,15H,4,13-14,16-17H2,1-3H3,(H4-,23,26,27,28,29,30,31,32)/p+1. The summed E-state index contributed by atoms with van der Waals surface area (Å²) >= 11 is 5.79. The summed E-state index contributed by atoms with van der Waals surface area (Å²) in [7, 11) is -7.16. The topological polar surface area (TPSA) is 163 Å². The second-order valence-electron chi connectivity index (χ2n) is 8.63. The van der Waals surface area contributed by atoms with E-state index in [-0.39, 0.29) is 12.3 Å². The van der Waals surface area contributed by atoms with Crippen molar-refractivity contribution in [2.24, 2.45) is 5.10 Å². The van der Waals surface area contributed by atoms with Crippen LogP contribution in [-0.2, 0) is 27.4 Å². The Morgan fingerprint density at radius 3 is 2.05 bits per heavy atom. The van der Waals surface area contributed by atoms with Crippen LogP contribution in [0.2, 0.25) is 0 Å². The minimum absolute atomic E-state index is 0.0599. The molecule has 204 valence electrons. The van der Waals surface area contributed by atoms with Crippen molar-refractivity contribution in [1.82, 2.24) is 9.68 Å². The van der Waals surface area contributed by atoms with Crippen molar-refractivity contribution >= 4 is 40.1 Å². The number of ether oxygens (including phenoxy) is 1. The van der Waals surface area contributed by atoms with E-state index in [1.54, 1.807) is 66.6 Å². The van der Waals surface area contributed by atoms with Crippen LogP contribution in [0.5, 0.6) is 11.5 Å². The van der Waals surface area contributed by atoms with E-state index in [0.717, 1.165) is 16.0 Å². The van der Waals surface area contributed by atoms with Crippen LogP contribution < -0.4 is 4.74 Å². The summed E-state index contributed by atoms with van der Waals surface area (Å²) in [6.45, 7) is 2.69. The molecule has 0 aliphatic heterocycles. The van der Waals surface area contributed by atoms with E-state index in [1.165, 1.54) is 0 Å². The fourth-order valence-corrected chi connectivity index (χ4v) is 6.80. The van der Waals surface area contributed by atoms with E-state index >= 15 is 0 Å². The number of rotatable bonds is 14. The first-order chi connectivity index (χ1) is 17.1. The Balaban J connectivity index is 2.03. The fraction of sp³-hybridized carbons (Fsp3) is 0.409. The number of nitrogens with zero attached hydrogens (tertiary/aromatic N) is 3. The third-order valence-electron chi connectivity index (χ3n) is 5.34. The highest BCUT2D eigenvalue weighted by atomic mass is 32.4. The normalized spacial score (nSPS) is 14.5. The first-order valence-corrected chi connectivity index (χ1v) is 17.1. The van der Waals surface area contributed by atoms with Crippen LogP contribution in [0.25, 0.3) is 0 Å². The van der Waals surface area contributed by atoms with Crippen molar-refractivity contribution in [2.75, 3.05) is 26.2 Å². The molecule has 0 saturated carbocycles. The molecular formula is C22H33N3O8P3S+. The molecular weight excluding hydrogens is 559 g/mol. The van der Waals surface area contributed by atoms with Gasteiger partial charge in [-0.1, -0.05) is 19.1 Å². The fourth-order valence-electron chi connectivity index (χ4n) is 3.28. The number of hydrogen-bond donors (Lipinski definition) is 5.